The predicted molar refractivity (Wildman–Crippen MR) is 130 cm³/mol. The van der Waals surface area contributed by atoms with Gasteiger partial charge < -0.3 is 5.11 Å². The van der Waals surface area contributed by atoms with Crippen LogP contribution in [0.15, 0.2) is 85.1 Å². The van der Waals surface area contributed by atoms with E-state index in [1.165, 1.54) is 6.07 Å². The molecule has 0 aliphatic carbocycles. The highest BCUT2D eigenvalue weighted by molar-refractivity contribution is 6.29. The van der Waals surface area contributed by atoms with Crippen LogP contribution in [0.4, 0.5) is 4.39 Å². The fraction of sp³-hybridized carbons (Fsp3) is 0.107. The molecule has 4 aromatic rings. The monoisotopic (exact) mass is 473 g/mol. The number of carbonyl (C=O) groups excluding carboxylic acids is 1. The number of carbonyl (C=O) groups is 2. The van der Waals surface area contributed by atoms with Crippen molar-refractivity contribution < 1.29 is 19.1 Å². The lowest BCUT2D eigenvalue weighted by Crippen LogP contribution is -2.12. The number of Topliss-reactive ketones (excluding diaryl/α,β-unsaturated/α-hetero) is 1. The molecule has 0 saturated carbocycles. The van der Waals surface area contributed by atoms with E-state index in [1.807, 2.05) is 55.5 Å². The van der Waals surface area contributed by atoms with Crippen molar-refractivity contribution in [3.8, 4) is 11.1 Å². The van der Waals surface area contributed by atoms with Gasteiger partial charge in [-0.25, -0.2) is 14.2 Å². The number of pyridine rings is 1. The molecule has 4 nitrogen and oxygen atoms in total. The quantitative estimate of drug-likeness (QED) is 0.233. The van der Waals surface area contributed by atoms with Gasteiger partial charge in [0.15, 0.2) is 11.6 Å². The van der Waals surface area contributed by atoms with E-state index in [0.29, 0.717) is 0 Å². The van der Waals surface area contributed by atoms with Gasteiger partial charge >= 0.3 is 5.97 Å². The van der Waals surface area contributed by atoms with Crippen molar-refractivity contribution in [1.82, 2.24) is 4.98 Å². The number of aromatic nitrogens is 1. The normalized spacial score (nSPS) is 11.7. The molecular formula is C28H21ClFNO3. The highest BCUT2D eigenvalue weighted by Crippen LogP contribution is 2.33. The molecule has 34 heavy (non-hydrogen) atoms. The second-order valence-electron chi connectivity index (χ2n) is 8.03. The molecule has 0 amide bonds. The van der Waals surface area contributed by atoms with Crippen LogP contribution < -0.4 is 0 Å². The fourth-order valence-corrected chi connectivity index (χ4v) is 4.18. The van der Waals surface area contributed by atoms with Gasteiger partial charge in [-0.3, -0.25) is 4.79 Å². The average Bonchev–Trinajstić information content (AvgIpc) is 2.84. The first-order chi connectivity index (χ1) is 16.3. The van der Waals surface area contributed by atoms with Crippen molar-refractivity contribution in [1.29, 1.82) is 0 Å². The lowest BCUT2D eigenvalue weighted by Gasteiger charge is -2.20. The number of nitrogens with zero attached hydrogens (tertiary/aromatic N) is 1. The first kappa shape index (κ1) is 23.3. The molecule has 0 saturated heterocycles. The number of benzene rings is 3. The molecule has 1 atom stereocenters. The van der Waals surface area contributed by atoms with Gasteiger partial charge in [0.05, 0.1) is 17.3 Å². The summed E-state index contributed by atoms with van der Waals surface area (Å²) in [6.45, 7) is 1.98. The Morgan fingerprint density at radius 1 is 0.971 bits per heavy atom. The van der Waals surface area contributed by atoms with Gasteiger partial charge in [0.25, 0.3) is 0 Å². The fourth-order valence-electron chi connectivity index (χ4n) is 4.02. The highest BCUT2D eigenvalue weighted by atomic mass is 35.5. The number of aromatic carboxylic acids is 1. The summed E-state index contributed by atoms with van der Waals surface area (Å²) < 4.78 is 14.3. The summed E-state index contributed by atoms with van der Waals surface area (Å²) in [6, 6.07) is 23.5. The molecule has 0 spiro atoms. The standard InChI is InChI=1S/C28H21ClFNO3/c1-17-4-2-3-5-22(17)23(14-26(32)24-15-27(29)31-16-25(24)30)20-10-6-18(7-11-20)19-8-12-21(13-9-19)28(33)34/h2-13,15-16,23H,14H2,1H3,(H,33,34)/t23-/m1/s1. The molecule has 170 valence electrons. The first-order valence-corrected chi connectivity index (χ1v) is 11.0. The Bertz CT molecular complexity index is 1350. The Morgan fingerprint density at radius 3 is 2.21 bits per heavy atom. The van der Waals surface area contributed by atoms with Gasteiger partial charge in [-0.15, -0.1) is 0 Å². The van der Waals surface area contributed by atoms with Crippen LogP contribution in [0.5, 0.6) is 0 Å². The number of hydrogen-bond donors (Lipinski definition) is 1. The van der Waals surface area contributed by atoms with Crippen LogP contribution in [0.3, 0.4) is 0 Å². The van der Waals surface area contributed by atoms with Crippen LogP contribution in [0.1, 0.15) is 49.7 Å². The molecule has 0 radical (unpaired) electrons. The minimum absolute atomic E-state index is 0.0643. The lowest BCUT2D eigenvalue weighted by atomic mass is 9.83. The van der Waals surface area contributed by atoms with Crippen molar-refractivity contribution in [2.24, 2.45) is 0 Å². The molecule has 1 heterocycles. The minimum atomic E-state index is -0.973. The van der Waals surface area contributed by atoms with E-state index in [0.717, 1.165) is 34.0 Å². The zero-order valence-corrected chi connectivity index (χ0v) is 19.1. The Hall–Kier alpha value is -3.83. The summed E-state index contributed by atoms with van der Waals surface area (Å²) in [7, 11) is 0. The molecule has 3 aromatic carbocycles. The largest absolute Gasteiger partial charge is 0.478 e. The zero-order chi connectivity index (χ0) is 24.2. The number of carboxylic acid groups (broad SMARTS) is 1. The third kappa shape index (κ3) is 5.05. The zero-order valence-electron chi connectivity index (χ0n) is 18.3. The van der Waals surface area contributed by atoms with E-state index < -0.39 is 11.8 Å². The second-order valence-corrected chi connectivity index (χ2v) is 8.42. The average molecular weight is 474 g/mol. The second kappa shape index (κ2) is 9.98. The molecule has 0 fully saturated rings. The van der Waals surface area contributed by atoms with Crippen molar-refractivity contribution >= 4 is 23.4 Å². The number of aryl methyl sites for hydroxylation is 1. The maximum Gasteiger partial charge on any atom is 0.335 e. The van der Waals surface area contributed by atoms with Crippen LogP contribution in [0.2, 0.25) is 5.15 Å². The van der Waals surface area contributed by atoms with Gasteiger partial charge in [0, 0.05) is 12.3 Å². The number of rotatable bonds is 7. The van der Waals surface area contributed by atoms with Crippen molar-refractivity contribution in [2.75, 3.05) is 0 Å². The van der Waals surface area contributed by atoms with Crippen molar-refractivity contribution in [3.05, 3.63) is 124 Å². The molecule has 1 N–H and O–H groups in total. The summed E-state index contributed by atoms with van der Waals surface area (Å²) in [5, 5.41) is 9.16. The molecule has 0 aliphatic heterocycles. The molecule has 4 rings (SSSR count). The molecule has 0 unspecified atom stereocenters. The topological polar surface area (TPSA) is 67.3 Å². The lowest BCUT2D eigenvalue weighted by molar-refractivity contribution is 0.0696. The number of halogens is 2. The summed E-state index contributed by atoms with van der Waals surface area (Å²) in [6.07, 6.45) is 1.03. The maximum absolute atomic E-state index is 14.3. The highest BCUT2D eigenvalue weighted by Gasteiger charge is 2.23. The van der Waals surface area contributed by atoms with E-state index >= 15 is 0 Å². The summed E-state index contributed by atoms with van der Waals surface area (Å²) in [5.41, 5.74) is 4.87. The van der Waals surface area contributed by atoms with Gasteiger partial charge in [0.1, 0.15) is 5.15 Å². The Labute approximate surface area is 201 Å². The smallest absolute Gasteiger partial charge is 0.335 e. The van der Waals surface area contributed by atoms with Gasteiger partial charge in [-0.05, 0) is 52.9 Å². The molecule has 0 aliphatic rings. The molecule has 0 bridgehead atoms. The van der Waals surface area contributed by atoms with E-state index in [2.05, 4.69) is 4.98 Å². The van der Waals surface area contributed by atoms with Gasteiger partial charge in [-0.2, -0.15) is 0 Å². The van der Waals surface area contributed by atoms with Crippen molar-refractivity contribution in [3.63, 3.8) is 0 Å². The van der Waals surface area contributed by atoms with Crippen LogP contribution in [-0.2, 0) is 0 Å². The van der Waals surface area contributed by atoms with Gasteiger partial charge in [0.2, 0.25) is 0 Å². The van der Waals surface area contributed by atoms with E-state index in [9.17, 15) is 14.0 Å². The molecular weight excluding hydrogens is 453 g/mol. The first-order valence-electron chi connectivity index (χ1n) is 10.7. The van der Waals surface area contributed by atoms with Crippen LogP contribution in [0, 0.1) is 12.7 Å². The predicted octanol–water partition coefficient (Wildman–Crippen LogP) is 6.95. The summed E-state index contributed by atoms with van der Waals surface area (Å²) in [4.78, 5) is 27.9. The number of hydrogen-bond acceptors (Lipinski definition) is 3. The third-order valence-electron chi connectivity index (χ3n) is 5.85. The van der Waals surface area contributed by atoms with E-state index in [-0.39, 0.29) is 34.4 Å². The van der Waals surface area contributed by atoms with Crippen molar-refractivity contribution in [2.45, 2.75) is 19.3 Å². The summed E-state index contributed by atoms with van der Waals surface area (Å²) >= 11 is 5.90. The van der Waals surface area contributed by atoms with Crippen LogP contribution in [0.25, 0.3) is 11.1 Å². The summed E-state index contributed by atoms with van der Waals surface area (Å²) in [5.74, 6) is -2.32. The molecule has 1 aromatic heterocycles. The van der Waals surface area contributed by atoms with Crippen LogP contribution in [-0.4, -0.2) is 21.8 Å². The number of ketones is 1. The van der Waals surface area contributed by atoms with E-state index in [1.54, 1.807) is 24.3 Å². The SMILES string of the molecule is Cc1ccccc1[C@H](CC(=O)c1cc(Cl)ncc1F)c1ccc(-c2ccc(C(=O)O)cc2)cc1. The van der Waals surface area contributed by atoms with Crippen LogP contribution >= 0.6 is 11.6 Å². The number of carboxylic acids is 1. The van der Waals surface area contributed by atoms with Gasteiger partial charge in [-0.1, -0.05) is 72.3 Å². The minimum Gasteiger partial charge on any atom is -0.478 e. The maximum atomic E-state index is 14.3. The Morgan fingerprint density at radius 2 is 1.59 bits per heavy atom. The Kier molecular flexibility index (Phi) is 6.85. The van der Waals surface area contributed by atoms with E-state index in [4.69, 9.17) is 16.7 Å². The Balaban J connectivity index is 1.68. The molecule has 6 heteroatoms. The third-order valence-corrected chi connectivity index (χ3v) is 6.06.